The smallest absolute Gasteiger partial charge is 0.114 e. The summed E-state index contributed by atoms with van der Waals surface area (Å²) in [6, 6.07) is 0. The fraction of sp³-hybridized carbons (Fsp3) is 1.00. The van der Waals surface area contributed by atoms with E-state index in [4.69, 9.17) is 0 Å². The Bertz CT molecular complexity index is 47.3. The summed E-state index contributed by atoms with van der Waals surface area (Å²) in [4.78, 5) is 0. The minimum absolute atomic E-state index is 0. The lowest BCUT2D eigenvalue weighted by Gasteiger charge is -1.86. The Kier molecular flexibility index (Phi) is 7.91. The summed E-state index contributed by atoms with van der Waals surface area (Å²) >= 11 is 0. The predicted octanol–water partition coefficient (Wildman–Crippen LogP) is 1.16. The number of alkyl halides is 1. The second kappa shape index (κ2) is 5.60. The molecule has 1 heterocycles. The molecular weight excluding hydrogens is 152 g/mol. The molecule has 0 radical (unpaired) electrons. The first kappa shape index (κ1) is 11.3. The average Bonchev–Trinajstić information content (AvgIpc) is 1.86. The summed E-state index contributed by atoms with van der Waals surface area (Å²) < 4.78 is 11.9. The molecule has 4 heteroatoms. The highest BCUT2D eigenvalue weighted by Gasteiger charge is 2.10. The monoisotopic (exact) mass is 161 g/mol. The molecule has 1 saturated heterocycles. The lowest BCUT2D eigenvalue weighted by molar-refractivity contribution is 0.361. The van der Waals surface area contributed by atoms with Crippen molar-refractivity contribution in [1.82, 2.24) is 5.32 Å². The van der Waals surface area contributed by atoms with Gasteiger partial charge in [0, 0.05) is 6.54 Å². The molecule has 1 aliphatic rings. The van der Waals surface area contributed by atoms with Gasteiger partial charge in [0.2, 0.25) is 0 Å². The second-order valence-electron chi connectivity index (χ2n) is 1.59. The summed E-state index contributed by atoms with van der Waals surface area (Å²) in [6.45, 7) is 1.43. The van der Waals surface area contributed by atoms with E-state index >= 15 is 0 Å². The average molecular weight is 162 g/mol. The van der Waals surface area contributed by atoms with E-state index in [0.717, 1.165) is 6.54 Å². The highest BCUT2D eigenvalue weighted by Crippen LogP contribution is 1.99. The minimum Gasteiger partial charge on any atom is -0.314 e. The Balaban J connectivity index is 0. The molecule has 0 aromatic rings. The van der Waals surface area contributed by atoms with Crippen molar-refractivity contribution in [2.45, 2.75) is 12.6 Å². The molecule has 8 heavy (non-hydrogen) atoms. The van der Waals surface area contributed by atoms with Crippen LogP contribution in [0.4, 0.5) is 4.39 Å². The van der Waals surface area contributed by atoms with E-state index in [-0.39, 0.29) is 24.8 Å². The van der Waals surface area contributed by atoms with E-state index < -0.39 is 6.17 Å². The molecule has 0 amide bonds. The van der Waals surface area contributed by atoms with Gasteiger partial charge in [0.25, 0.3) is 0 Å². The van der Waals surface area contributed by atoms with Crippen LogP contribution in [0.3, 0.4) is 0 Å². The van der Waals surface area contributed by atoms with Crippen LogP contribution in [0, 0.1) is 0 Å². The first-order chi connectivity index (χ1) is 2.89. The topological polar surface area (TPSA) is 12.0 Å². The Morgan fingerprint density at radius 2 is 2.00 bits per heavy atom. The van der Waals surface area contributed by atoms with Crippen molar-refractivity contribution in [2.75, 3.05) is 13.1 Å². The maximum atomic E-state index is 11.9. The number of nitrogens with one attached hydrogen (secondary N) is 1. The van der Waals surface area contributed by atoms with Crippen LogP contribution in [0.25, 0.3) is 0 Å². The largest absolute Gasteiger partial charge is 0.314 e. The van der Waals surface area contributed by atoms with E-state index in [1.54, 1.807) is 0 Å². The molecule has 0 aromatic heterocycles. The third-order valence-corrected chi connectivity index (χ3v) is 1.00. The van der Waals surface area contributed by atoms with Crippen LogP contribution in [0.5, 0.6) is 0 Å². The molecule has 1 aliphatic heterocycles. The van der Waals surface area contributed by atoms with Crippen LogP contribution in [-0.2, 0) is 0 Å². The Morgan fingerprint density at radius 1 is 1.38 bits per heavy atom. The lowest BCUT2D eigenvalue weighted by Crippen LogP contribution is -2.08. The van der Waals surface area contributed by atoms with Crippen LogP contribution >= 0.6 is 24.8 Å². The number of rotatable bonds is 0. The summed E-state index contributed by atoms with van der Waals surface area (Å²) in [5.74, 6) is 0. The first-order valence-electron chi connectivity index (χ1n) is 2.24. The van der Waals surface area contributed by atoms with E-state index in [1.165, 1.54) is 0 Å². The fourth-order valence-corrected chi connectivity index (χ4v) is 0.619. The Morgan fingerprint density at radius 3 is 2.12 bits per heavy atom. The van der Waals surface area contributed by atoms with E-state index in [0.29, 0.717) is 13.0 Å². The van der Waals surface area contributed by atoms with Gasteiger partial charge in [-0.2, -0.15) is 0 Å². The molecule has 1 fully saturated rings. The predicted molar refractivity (Wildman–Crippen MR) is 36.9 cm³/mol. The zero-order valence-corrected chi connectivity index (χ0v) is 6.03. The second-order valence-corrected chi connectivity index (χ2v) is 1.59. The van der Waals surface area contributed by atoms with Gasteiger partial charge in [-0.1, -0.05) is 0 Å². The maximum absolute atomic E-state index is 11.9. The first-order valence-corrected chi connectivity index (χ1v) is 2.24. The Labute approximate surface area is 60.8 Å². The summed E-state index contributed by atoms with van der Waals surface area (Å²) in [6.07, 6.45) is 0.144. The summed E-state index contributed by atoms with van der Waals surface area (Å²) in [7, 11) is 0. The van der Waals surface area contributed by atoms with Gasteiger partial charge in [0.1, 0.15) is 6.17 Å². The van der Waals surface area contributed by atoms with Gasteiger partial charge in [0.15, 0.2) is 0 Å². The zero-order valence-electron chi connectivity index (χ0n) is 4.39. The van der Waals surface area contributed by atoms with Crippen LogP contribution < -0.4 is 5.32 Å². The van der Waals surface area contributed by atoms with Gasteiger partial charge >= 0.3 is 0 Å². The fourth-order valence-electron chi connectivity index (χ4n) is 0.619. The van der Waals surface area contributed by atoms with Gasteiger partial charge in [-0.3, -0.25) is 0 Å². The standard InChI is InChI=1S/C4H8FN.2ClH/c5-4-1-2-6-3-4;;/h4,6H,1-3H2;2*1H. The summed E-state index contributed by atoms with van der Waals surface area (Å²) in [5.41, 5.74) is 0. The van der Waals surface area contributed by atoms with Gasteiger partial charge in [0.05, 0.1) is 0 Å². The highest BCUT2D eigenvalue weighted by atomic mass is 35.5. The zero-order chi connectivity index (χ0) is 4.41. The van der Waals surface area contributed by atoms with Crippen molar-refractivity contribution in [3.63, 3.8) is 0 Å². The number of hydrogen-bond acceptors (Lipinski definition) is 1. The Hall–Kier alpha value is 0.470. The van der Waals surface area contributed by atoms with Crippen molar-refractivity contribution < 1.29 is 4.39 Å². The van der Waals surface area contributed by atoms with Crippen LogP contribution in [0.15, 0.2) is 0 Å². The molecule has 0 bridgehead atoms. The van der Waals surface area contributed by atoms with E-state index in [9.17, 15) is 4.39 Å². The van der Waals surface area contributed by atoms with Gasteiger partial charge in [-0.05, 0) is 13.0 Å². The molecule has 1 atom stereocenters. The molecule has 0 spiro atoms. The third kappa shape index (κ3) is 3.47. The quantitative estimate of drug-likeness (QED) is 0.563. The molecule has 52 valence electrons. The minimum atomic E-state index is -0.565. The SMILES string of the molecule is Cl.Cl.FC1CCNC1. The van der Waals surface area contributed by atoms with Crippen LogP contribution in [-0.4, -0.2) is 19.3 Å². The molecule has 0 aromatic carbocycles. The molecule has 0 saturated carbocycles. The third-order valence-electron chi connectivity index (χ3n) is 1.00. The van der Waals surface area contributed by atoms with Crippen molar-refractivity contribution in [3.05, 3.63) is 0 Å². The molecule has 1 nitrogen and oxygen atoms in total. The molecule has 1 rings (SSSR count). The molecule has 1 N–H and O–H groups in total. The highest BCUT2D eigenvalue weighted by molar-refractivity contribution is 5.85. The molecular formula is C4H10Cl2FN. The van der Waals surface area contributed by atoms with Crippen molar-refractivity contribution >= 4 is 24.8 Å². The summed E-state index contributed by atoms with van der Waals surface area (Å²) in [5, 5.41) is 2.90. The van der Waals surface area contributed by atoms with Crippen LogP contribution in [0.2, 0.25) is 0 Å². The normalized spacial score (nSPS) is 25.9. The molecule has 0 aliphatic carbocycles. The lowest BCUT2D eigenvalue weighted by atomic mass is 10.4. The van der Waals surface area contributed by atoms with E-state index in [1.807, 2.05) is 0 Å². The van der Waals surface area contributed by atoms with Gasteiger partial charge in [-0.15, -0.1) is 24.8 Å². The van der Waals surface area contributed by atoms with E-state index in [2.05, 4.69) is 5.32 Å². The van der Waals surface area contributed by atoms with Crippen molar-refractivity contribution in [3.8, 4) is 0 Å². The number of halogens is 3. The number of hydrogen-bond donors (Lipinski definition) is 1. The maximum Gasteiger partial charge on any atom is 0.114 e. The molecule has 1 unspecified atom stereocenters. The van der Waals surface area contributed by atoms with Gasteiger partial charge < -0.3 is 5.32 Å². The van der Waals surface area contributed by atoms with Crippen LogP contribution in [0.1, 0.15) is 6.42 Å². The van der Waals surface area contributed by atoms with Gasteiger partial charge in [-0.25, -0.2) is 4.39 Å². The van der Waals surface area contributed by atoms with Crippen molar-refractivity contribution in [2.24, 2.45) is 0 Å². The van der Waals surface area contributed by atoms with Crippen molar-refractivity contribution in [1.29, 1.82) is 0 Å².